The fraction of sp³-hybridized carbons (Fsp3) is 0.860. The fourth-order valence-corrected chi connectivity index (χ4v) is 7.11. The molecule has 0 saturated carbocycles. The summed E-state index contributed by atoms with van der Waals surface area (Å²) in [5.41, 5.74) is 0. The molecule has 1 saturated heterocycles. The molecule has 0 bridgehead atoms. The first kappa shape index (κ1) is 55.6. The van der Waals surface area contributed by atoms with Gasteiger partial charge in [-0.3, -0.25) is 9.59 Å². The van der Waals surface area contributed by atoms with Crippen molar-refractivity contribution in [3.8, 4) is 0 Å². The van der Waals surface area contributed by atoms with Crippen molar-refractivity contribution in [1.82, 2.24) is 4.90 Å². The maximum atomic E-state index is 12.9. The van der Waals surface area contributed by atoms with Crippen molar-refractivity contribution < 1.29 is 42.8 Å². The number of carbonyl (C=O) groups is 3. The molecule has 0 amide bonds. The van der Waals surface area contributed by atoms with E-state index in [0.29, 0.717) is 26.1 Å². The number of unbranched alkanes of at least 4 members (excludes halogenated alkanes) is 18. The summed E-state index contributed by atoms with van der Waals surface area (Å²) in [5.74, 6) is -1.20. The highest BCUT2D eigenvalue weighted by atomic mass is 16.7. The van der Waals surface area contributed by atoms with E-state index in [0.717, 1.165) is 96.7 Å². The Balaban J connectivity index is 2.49. The molecule has 0 aromatic heterocycles. The van der Waals surface area contributed by atoms with Crippen LogP contribution in [0.15, 0.2) is 24.3 Å². The summed E-state index contributed by atoms with van der Waals surface area (Å²) < 4.78 is 34.1. The van der Waals surface area contributed by atoms with Crippen molar-refractivity contribution in [3.63, 3.8) is 0 Å². The zero-order chi connectivity index (χ0) is 43.4. The highest BCUT2D eigenvalue weighted by Gasteiger charge is 2.20. The molecule has 0 spiro atoms. The van der Waals surface area contributed by atoms with Gasteiger partial charge in [0, 0.05) is 32.6 Å². The molecule has 1 aliphatic rings. The molecular formula is C50H91NO9. The van der Waals surface area contributed by atoms with E-state index in [1.54, 1.807) is 0 Å². The van der Waals surface area contributed by atoms with E-state index in [-0.39, 0.29) is 38.8 Å². The fourth-order valence-electron chi connectivity index (χ4n) is 7.11. The molecule has 1 rings (SSSR count). The average Bonchev–Trinajstić information content (AvgIpc) is 3.78. The quantitative estimate of drug-likeness (QED) is 0.0193. The van der Waals surface area contributed by atoms with Gasteiger partial charge in [0.2, 0.25) is 0 Å². The Morgan fingerprint density at radius 1 is 0.500 bits per heavy atom. The first-order chi connectivity index (χ1) is 29.5. The predicted molar refractivity (Wildman–Crippen MR) is 244 cm³/mol. The second kappa shape index (κ2) is 43.2. The second-order valence-electron chi connectivity index (χ2n) is 16.8. The topological polar surface area (TPSA) is 110 Å². The molecule has 1 unspecified atom stereocenters. The van der Waals surface area contributed by atoms with Crippen molar-refractivity contribution in [2.24, 2.45) is 5.92 Å². The van der Waals surface area contributed by atoms with Crippen LogP contribution in [0.4, 0.5) is 4.79 Å². The van der Waals surface area contributed by atoms with E-state index in [1.165, 1.54) is 89.9 Å². The smallest absolute Gasteiger partial charge is 0.465 e. The number of likely N-dealkylation sites (tertiary alicyclic amines) is 1. The van der Waals surface area contributed by atoms with Crippen LogP contribution in [0.3, 0.4) is 0 Å². The van der Waals surface area contributed by atoms with Crippen LogP contribution in [-0.2, 0) is 38.0 Å². The van der Waals surface area contributed by atoms with Crippen LogP contribution in [0.2, 0.25) is 0 Å². The van der Waals surface area contributed by atoms with Gasteiger partial charge in [0.1, 0.15) is 19.8 Å². The van der Waals surface area contributed by atoms with Gasteiger partial charge in [-0.1, -0.05) is 141 Å². The predicted octanol–water partition coefficient (Wildman–Crippen LogP) is 13.0. The first-order valence-electron chi connectivity index (χ1n) is 24.8. The monoisotopic (exact) mass is 850 g/mol. The van der Waals surface area contributed by atoms with Crippen molar-refractivity contribution in [2.45, 2.75) is 213 Å². The summed E-state index contributed by atoms with van der Waals surface area (Å²) in [6.07, 6.45) is 38.3. The Labute approximate surface area is 367 Å². The largest absolute Gasteiger partial charge is 0.508 e. The van der Waals surface area contributed by atoms with E-state index >= 15 is 0 Å². The minimum Gasteiger partial charge on any atom is -0.465 e. The molecule has 60 heavy (non-hydrogen) atoms. The molecule has 0 N–H and O–H groups in total. The third-order valence-corrected chi connectivity index (χ3v) is 11.0. The Bertz CT molecular complexity index is 1030. The first-order valence-corrected chi connectivity index (χ1v) is 24.8. The summed E-state index contributed by atoms with van der Waals surface area (Å²) in [6.45, 7) is 11.1. The number of rotatable bonds is 43. The van der Waals surface area contributed by atoms with Crippen molar-refractivity contribution in [1.29, 1.82) is 0 Å². The van der Waals surface area contributed by atoms with E-state index in [1.807, 2.05) is 0 Å². The average molecular weight is 850 g/mol. The molecule has 0 radical (unpaired) electrons. The van der Waals surface area contributed by atoms with E-state index in [2.05, 4.69) is 50.0 Å². The summed E-state index contributed by atoms with van der Waals surface area (Å²) in [7, 11) is 0. The highest BCUT2D eigenvalue weighted by molar-refractivity contribution is 5.69. The van der Waals surface area contributed by atoms with Crippen molar-refractivity contribution in [3.05, 3.63) is 24.3 Å². The van der Waals surface area contributed by atoms with Crippen molar-refractivity contribution >= 4 is 18.1 Å². The Morgan fingerprint density at radius 2 is 0.983 bits per heavy atom. The van der Waals surface area contributed by atoms with Gasteiger partial charge in [-0.05, 0) is 83.7 Å². The molecule has 0 aliphatic carbocycles. The summed E-state index contributed by atoms with van der Waals surface area (Å²) in [6, 6.07) is 0. The highest BCUT2D eigenvalue weighted by Crippen LogP contribution is 2.14. The number of hydrogen-bond donors (Lipinski definition) is 0. The number of nitrogens with zero attached hydrogens (tertiary/aromatic N) is 1. The Hall–Kier alpha value is -2.43. The minimum atomic E-state index is -0.767. The summed E-state index contributed by atoms with van der Waals surface area (Å²) in [4.78, 5) is 40.4. The minimum absolute atomic E-state index is 0.0139. The molecule has 0 aromatic carbocycles. The number of ether oxygens (including phenoxy) is 6. The SMILES string of the molecule is CCCCC/C=C\C/C=C\CCCCCCCC(=O)OCC(COC(=O)CCC(OCCCCCCCC)OCCCCCCCC)COC(=O)OCCCN1CCCC1. The van der Waals surface area contributed by atoms with Gasteiger partial charge in [0.25, 0.3) is 0 Å². The molecule has 10 nitrogen and oxygen atoms in total. The second-order valence-corrected chi connectivity index (χ2v) is 16.8. The molecule has 350 valence electrons. The molecule has 1 atom stereocenters. The Morgan fingerprint density at radius 3 is 1.58 bits per heavy atom. The summed E-state index contributed by atoms with van der Waals surface area (Å²) >= 11 is 0. The van der Waals surface area contributed by atoms with Crippen LogP contribution in [0.5, 0.6) is 0 Å². The summed E-state index contributed by atoms with van der Waals surface area (Å²) in [5, 5.41) is 0. The van der Waals surface area contributed by atoms with Gasteiger partial charge >= 0.3 is 18.1 Å². The van der Waals surface area contributed by atoms with Gasteiger partial charge in [0.05, 0.1) is 18.9 Å². The van der Waals surface area contributed by atoms with Crippen LogP contribution >= 0.6 is 0 Å². The van der Waals surface area contributed by atoms with Crippen LogP contribution in [0.25, 0.3) is 0 Å². The van der Waals surface area contributed by atoms with Crippen molar-refractivity contribution in [2.75, 3.05) is 59.3 Å². The third kappa shape index (κ3) is 37.3. The van der Waals surface area contributed by atoms with Crippen LogP contribution in [0, 0.1) is 5.92 Å². The number of esters is 2. The van der Waals surface area contributed by atoms with E-state index < -0.39 is 24.3 Å². The third-order valence-electron chi connectivity index (χ3n) is 11.0. The van der Waals surface area contributed by atoms with Crippen LogP contribution in [0.1, 0.15) is 207 Å². The maximum Gasteiger partial charge on any atom is 0.508 e. The van der Waals surface area contributed by atoms with Gasteiger partial charge in [0.15, 0.2) is 6.29 Å². The zero-order valence-electron chi connectivity index (χ0n) is 39.0. The molecule has 10 heteroatoms. The molecule has 1 fully saturated rings. The maximum absolute atomic E-state index is 12.9. The molecular weight excluding hydrogens is 759 g/mol. The number of hydrogen-bond acceptors (Lipinski definition) is 10. The Kier molecular flexibility index (Phi) is 40.0. The number of carbonyl (C=O) groups excluding carboxylic acids is 3. The van der Waals surface area contributed by atoms with Crippen LogP contribution in [-0.4, -0.2) is 88.6 Å². The molecule has 1 heterocycles. The van der Waals surface area contributed by atoms with Gasteiger partial charge in [-0.25, -0.2) is 4.79 Å². The lowest BCUT2D eigenvalue weighted by Crippen LogP contribution is -2.27. The van der Waals surface area contributed by atoms with Gasteiger partial charge < -0.3 is 33.3 Å². The van der Waals surface area contributed by atoms with Gasteiger partial charge in [-0.2, -0.15) is 0 Å². The lowest BCUT2D eigenvalue weighted by molar-refractivity contribution is -0.161. The van der Waals surface area contributed by atoms with Crippen LogP contribution < -0.4 is 0 Å². The molecule has 0 aromatic rings. The normalized spacial score (nSPS) is 13.8. The van der Waals surface area contributed by atoms with Gasteiger partial charge in [-0.15, -0.1) is 0 Å². The zero-order valence-corrected chi connectivity index (χ0v) is 39.0. The van der Waals surface area contributed by atoms with E-state index in [4.69, 9.17) is 28.4 Å². The number of allylic oxidation sites excluding steroid dienone is 4. The van der Waals surface area contributed by atoms with E-state index in [9.17, 15) is 14.4 Å². The lowest BCUT2D eigenvalue weighted by Gasteiger charge is -2.20. The standard InChI is InChI=1S/C50H91NO9/c1-4-7-10-13-16-17-18-19-20-21-22-23-24-25-28-34-47(52)58-43-46(45-60-50(54)57-42-33-39-51-37-29-30-38-51)44-59-48(53)35-36-49(55-40-31-26-14-11-8-5-2)56-41-32-27-15-12-9-6-3/h16-17,19-20,46,49H,4-15,18,21-45H2,1-3H3/b17-16-,20-19-. The molecule has 1 aliphatic heterocycles. The lowest BCUT2D eigenvalue weighted by atomic mass is 10.1.